The number of rotatable bonds is 0. The first-order valence-electron chi connectivity index (χ1n) is 3.21. The lowest BCUT2D eigenvalue weighted by Crippen LogP contribution is -2.09. The zero-order chi connectivity index (χ0) is 9.35. The first-order valence-corrected chi connectivity index (χ1v) is 3.21. The Morgan fingerprint density at radius 1 is 1.31 bits per heavy atom. The quantitative estimate of drug-likeness (QED) is 0.662. The number of nitrogen functional groups attached to an aromatic ring is 1. The molecule has 0 radical (unpaired) electrons. The van der Waals surface area contributed by atoms with E-state index in [9.17, 15) is 13.2 Å². The monoisotopic (exact) mass is 193 g/mol. The van der Waals surface area contributed by atoms with Crippen molar-refractivity contribution in [3.63, 3.8) is 0 Å². The zero-order valence-electron chi connectivity index (χ0n) is 7.02. The predicted octanol–water partition coefficient (Wildman–Crippen LogP) is 2.15. The summed E-state index contributed by atoms with van der Waals surface area (Å²) >= 11 is 0. The van der Waals surface area contributed by atoms with E-state index in [1.165, 1.54) is 6.07 Å². The summed E-state index contributed by atoms with van der Waals surface area (Å²) in [4.78, 5) is 3.20. The fraction of sp³-hybridized carbons (Fsp3) is 0.286. The van der Waals surface area contributed by atoms with Crippen molar-refractivity contribution in [1.29, 1.82) is 0 Å². The number of alkyl halides is 3. The molecule has 0 aromatic carbocycles. The fourth-order valence-corrected chi connectivity index (χ4v) is 0.702. The SMILES string of the molecule is Cc1ccc(C(F)(F)F)nc1N.N. The van der Waals surface area contributed by atoms with Gasteiger partial charge in [-0.1, -0.05) is 6.07 Å². The van der Waals surface area contributed by atoms with E-state index in [-0.39, 0.29) is 12.0 Å². The molecule has 0 aliphatic rings. The van der Waals surface area contributed by atoms with Crippen LogP contribution in [0.4, 0.5) is 19.0 Å². The van der Waals surface area contributed by atoms with E-state index in [2.05, 4.69) is 4.98 Å². The Morgan fingerprint density at radius 2 is 1.85 bits per heavy atom. The number of nitrogens with two attached hydrogens (primary N) is 1. The molecule has 0 spiro atoms. The number of hydrogen-bond acceptors (Lipinski definition) is 3. The average molecular weight is 193 g/mol. The Morgan fingerprint density at radius 3 is 2.23 bits per heavy atom. The minimum Gasteiger partial charge on any atom is -0.383 e. The maximum atomic E-state index is 12.0. The smallest absolute Gasteiger partial charge is 0.383 e. The topological polar surface area (TPSA) is 73.9 Å². The largest absolute Gasteiger partial charge is 0.433 e. The Hall–Kier alpha value is -1.30. The summed E-state index contributed by atoms with van der Waals surface area (Å²) in [5, 5.41) is 0. The van der Waals surface area contributed by atoms with Gasteiger partial charge in [-0.05, 0) is 18.6 Å². The first kappa shape index (κ1) is 11.7. The standard InChI is InChI=1S/C7H7F3N2.H3N/c1-4-2-3-5(7(8,9)10)12-6(4)11;/h2-3H,1H3,(H2,11,12);1H3. The van der Waals surface area contributed by atoms with Crippen molar-refractivity contribution in [2.45, 2.75) is 13.1 Å². The molecular weight excluding hydrogens is 183 g/mol. The van der Waals surface area contributed by atoms with Gasteiger partial charge in [-0.15, -0.1) is 0 Å². The van der Waals surface area contributed by atoms with Crippen molar-refractivity contribution in [1.82, 2.24) is 11.1 Å². The van der Waals surface area contributed by atoms with Crippen LogP contribution in [0.25, 0.3) is 0 Å². The Bertz CT molecular complexity index is 296. The molecule has 0 aliphatic heterocycles. The third-order valence-electron chi connectivity index (χ3n) is 1.43. The van der Waals surface area contributed by atoms with Gasteiger partial charge in [-0.2, -0.15) is 13.2 Å². The van der Waals surface area contributed by atoms with Crippen molar-refractivity contribution >= 4 is 5.82 Å². The van der Waals surface area contributed by atoms with E-state index < -0.39 is 11.9 Å². The number of nitrogens with zero attached hydrogens (tertiary/aromatic N) is 1. The molecule has 1 aromatic heterocycles. The molecule has 6 heteroatoms. The minimum atomic E-state index is -4.41. The molecule has 0 saturated carbocycles. The highest BCUT2D eigenvalue weighted by atomic mass is 19.4. The van der Waals surface area contributed by atoms with E-state index in [0.29, 0.717) is 5.56 Å². The van der Waals surface area contributed by atoms with Crippen LogP contribution in [0.3, 0.4) is 0 Å². The number of aryl methyl sites for hydroxylation is 1. The molecule has 1 aromatic rings. The molecule has 0 bridgehead atoms. The molecule has 74 valence electrons. The van der Waals surface area contributed by atoms with Gasteiger partial charge in [0.25, 0.3) is 0 Å². The van der Waals surface area contributed by atoms with E-state index >= 15 is 0 Å². The van der Waals surface area contributed by atoms with Gasteiger partial charge in [0.1, 0.15) is 11.5 Å². The van der Waals surface area contributed by atoms with Crippen LogP contribution in [-0.4, -0.2) is 4.98 Å². The lowest BCUT2D eigenvalue weighted by molar-refractivity contribution is -0.141. The van der Waals surface area contributed by atoms with Gasteiger partial charge in [0.2, 0.25) is 0 Å². The number of aromatic nitrogens is 1. The minimum absolute atomic E-state index is 0. The van der Waals surface area contributed by atoms with Crippen molar-refractivity contribution in [3.05, 3.63) is 23.4 Å². The second kappa shape index (κ2) is 3.61. The molecule has 3 nitrogen and oxygen atoms in total. The maximum Gasteiger partial charge on any atom is 0.433 e. The van der Waals surface area contributed by atoms with Crippen LogP contribution < -0.4 is 11.9 Å². The van der Waals surface area contributed by atoms with Crippen LogP contribution >= 0.6 is 0 Å². The summed E-state index contributed by atoms with van der Waals surface area (Å²) < 4.78 is 35.9. The number of anilines is 1. The molecule has 1 rings (SSSR count). The van der Waals surface area contributed by atoms with Crippen LogP contribution in [0.1, 0.15) is 11.3 Å². The van der Waals surface area contributed by atoms with Crippen LogP contribution in [0.2, 0.25) is 0 Å². The summed E-state index contributed by atoms with van der Waals surface area (Å²) in [6.07, 6.45) is -4.41. The van der Waals surface area contributed by atoms with Crippen molar-refractivity contribution < 1.29 is 13.2 Å². The Balaban J connectivity index is 0.00000144. The van der Waals surface area contributed by atoms with E-state index in [0.717, 1.165) is 6.07 Å². The van der Waals surface area contributed by atoms with Gasteiger partial charge in [0, 0.05) is 0 Å². The first-order chi connectivity index (χ1) is 5.41. The second-order valence-electron chi connectivity index (χ2n) is 2.40. The van der Waals surface area contributed by atoms with Gasteiger partial charge in [-0.25, -0.2) is 4.98 Å². The average Bonchev–Trinajstić information content (AvgIpc) is 1.92. The van der Waals surface area contributed by atoms with E-state index in [1.54, 1.807) is 6.92 Å². The van der Waals surface area contributed by atoms with Crippen molar-refractivity contribution in [3.8, 4) is 0 Å². The van der Waals surface area contributed by atoms with Crippen LogP contribution in [0.15, 0.2) is 12.1 Å². The zero-order valence-corrected chi connectivity index (χ0v) is 7.02. The summed E-state index contributed by atoms with van der Waals surface area (Å²) in [6, 6.07) is 2.21. The highest BCUT2D eigenvalue weighted by Crippen LogP contribution is 2.28. The normalized spacial score (nSPS) is 10.8. The number of hydrogen-bond donors (Lipinski definition) is 2. The van der Waals surface area contributed by atoms with Crippen LogP contribution in [0, 0.1) is 6.92 Å². The molecule has 0 atom stereocenters. The summed E-state index contributed by atoms with van der Waals surface area (Å²) in [5.74, 6) is -0.0789. The van der Waals surface area contributed by atoms with Gasteiger partial charge in [0.05, 0.1) is 0 Å². The summed E-state index contributed by atoms with van der Waals surface area (Å²) in [6.45, 7) is 1.60. The molecule has 0 fully saturated rings. The molecule has 13 heavy (non-hydrogen) atoms. The van der Waals surface area contributed by atoms with Gasteiger partial charge < -0.3 is 11.9 Å². The van der Waals surface area contributed by atoms with Crippen molar-refractivity contribution in [2.75, 3.05) is 5.73 Å². The molecule has 1 heterocycles. The van der Waals surface area contributed by atoms with Gasteiger partial charge in [-0.3, -0.25) is 0 Å². The maximum absolute atomic E-state index is 12.0. The predicted molar refractivity (Wildman–Crippen MR) is 43.4 cm³/mol. The number of pyridine rings is 1. The molecular formula is C7H10F3N3. The second-order valence-corrected chi connectivity index (χ2v) is 2.40. The lowest BCUT2D eigenvalue weighted by Gasteiger charge is -2.06. The third-order valence-corrected chi connectivity index (χ3v) is 1.43. The lowest BCUT2D eigenvalue weighted by atomic mass is 10.2. The van der Waals surface area contributed by atoms with E-state index in [1.807, 2.05) is 0 Å². The number of halogens is 3. The highest BCUT2D eigenvalue weighted by molar-refractivity contribution is 5.39. The highest BCUT2D eigenvalue weighted by Gasteiger charge is 2.32. The van der Waals surface area contributed by atoms with E-state index in [4.69, 9.17) is 5.73 Å². The third kappa shape index (κ3) is 2.59. The van der Waals surface area contributed by atoms with Crippen molar-refractivity contribution in [2.24, 2.45) is 0 Å². The summed E-state index contributed by atoms with van der Waals surface area (Å²) in [7, 11) is 0. The molecule has 0 unspecified atom stereocenters. The van der Waals surface area contributed by atoms with Gasteiger partial charge >= 0.3 is 6.18 Å². The van der Waals surface area contributed by atoms with Crippen LogP contribution in [-0.2, 0) is 6.18 Å². The van der Waals surface area contributed by atoms with Crippen LogP contribution in [0.5, 0.6) is 0 Å². The summed E-state index contributed by atoms with van der Waals surface area (Å²) in [5.41, 5.74) is 4.80. The molecule has 0 aliphatic carbocycles. The molecule has 5 N–H and O–H groups in total. The Labute approximate surface area is 73.4 Å². The molecule has 0 amide bonds. The molecule has 0 saturated heterocycles. The van der Waals surface area contributed by atoms with Gasteiger partial charge in [0.15, 0.2) is 0 Å². The Kier molecular flexibility index (Phi) is 3.25. The fourth-order valence-electron chi connectivity index (χ4n) is 0.702.